The van der Waals surface area contributed by atoms with Crippen LogP contribution in [-0.4, -0.2) is 15.4 Å². The average Bonchev–Trinajstić information content (AvgIpc) is 2.85. The van der Waals surface area contributed by atoms with Crippen LogP contribution in [0.5, 0.6) is 0 Å². The first-order valence-corrected chi connectivity index (χ1v) is 8.10. The highest BCUT2D eigenvalue weighted by atomic mass is 19.1. The number of aromatic nitrogens is 2. The zero-order valence-electron chi connectivity index (χ0n) is 14.5. The standard InChI is InChI=1S/C19H19FN4O2/c1-13-17(18(25)24(23(13)2)16-6-4-3-5-7-16)22-19(26)21-12-14-8-10-15(20)11-9-14/h3-11H,12H2,1-2H3,(H2,21,22,26). The Bertz CT molecular complexity index is 975. The molecule has 3 aromatic rings. The van der Waals surface area contributed by atoms with E-state index < -0.39 is 6.03 Å². The monoisotopic (exact) mass is 354 g/mol. The fourth-order valence-corrected chi connectivity index (χ4v) is 2.65. The van der Waals surface area contributed by atoms with Crippen LogP contribution in [0.2, 0.25) is 0 Å². The second-order valence-corrected chi connectivity index (χ2v) is 5.87. The number of urea groups is 1. The molecule has 1 aromatic heterocycles. The molecule has 6 nitrogen and oxygen atoms in total. The van der Waals surface area contributed by atoms with Gasteiger partial charge in [0.15, 0.2) is 0 Å². The van der Waals surface area contributed by atoms with Crippen molar-refractivity contribution in [1.29, 1.82) is 0 Å². The number of nitrogens with one attached hydrogen (secondary N) is 2. The van der Waals surface area contributed by atoms with Crippen LogP contribution in [0.1, 0.15) is 11.3 Å². The highest BCUT2D eigenvalue weighted by molar-refractivity contribution is 5.89. The predicted octanol–water partition coefficient (Wildman–Crippen LogP) is 2.95. The summed E-state index contributed by atoms with van der Waals surface area (Å²) < 4.78 is 16.1. The quantitative estimate of drug-likeness (QED) is 0.756. The summed E-state index contributed by atoms with van der Waals surface area (Å²) >= 11 is 0. The first-order valence-electron chi connectivity index (χ1n) is 8.10. The molecule has 26 heavy (non-hydrogen) atoms. The van der Waals surface area contributed by atoms with Gasteiger partial charge in [0, 0.05) is 13.6 Å². The van der Waals surface area contributed by atoms with Gasteiger partial charge < -0.3 is 10.6 Å². The number of hydrogen-bond donors (Lipinski definition) is 2. The van der Waals surface area contributed by atoms with E-state index in [2.05, 4.69) is 10.6 Å². The van der Waals surface area contributed by atoms with Gasteiger partial charge in [-0.2, -0.15) is 0 Å². The van der Waals surface area contributed by atoms with Crippen molar-refractivity contribution in [3.8, 4) is 5.69 Å². The van der Waals surface area contributed by atoms with Gasteiger partial charge in [0.05, 0.1) is 11.4 Å². The van der Waals surface area contributed by atoms with Crippen molar-refractivity contribution in [3.63, 3.8) is 0 Å². The minimum absolute atomic E-state index is 0.216. The van der Waals surface area contributed by atoms with Crippen LogP contribution >= 0.6 is 0 Å². The van der Waals surface area contributed by atoms with Gasteiger partial charge in [-0.3, -0.25) is 9.48 Å². The Morgan fingerprint density at radius 1 is 1.08 bits per heavy atom. The van der Waals surface area contributed by atoms with Crippen molar-refractivity contribution in [2.45, 2.75) is 13.5 Å². The zero-order chi connectivity index (χ0) is 18.7. The second-order valence-electron chi connectivity index (χ2n) is 5.87. The lowest BCUT2D eigenvalue weighted by Gasteiger charge is -2.07. The number of nitrogens with zero attached hydrogens (tertiary/aromatic N) is 2. The lowest BCUT2D eigenvalue weighted by Crippen LogP contribution is -2.31. The molecule has 0 fully saturated rings. The summed E-state index contributed by atoms with van der Waals surface area (Å²) in [5, 5.41) is 5.27. The maximum absolute atomic E-state index is 12.9. The molecular weight excluding hydrogens is 335 g/mol. The van der Waals surface area contributed by atoms with Crippen LogP contribution in [-0.2, 0) is 13.6 Å². The summed E-state index contributed by atoms with van der Waals surface area (Å²) in [5.41, 5.74) is 2.01. The number of amides is 2. The minimum Gasteiger partial charge on any atom is -0.334 e. The van der Waals surface area contributed by atoms with E-state index in [9.17, 15) is 14.0 Å². The average molecular weight is 354 g/mol. The van der Waals surface area contributed by atoms with Crippen molar-refractivity contribution in [2.75, 3.05) is 5.32 Å². The molecule has 0 aliphatic heterocycles. The summed E-state index contributed by atoms with van der Waals surface area (Å²) in [6, 6.07) is 14.5. The Morgan fingerprint density at radius 3 is 2.38 bits per heavy atom. The summed E-state index contributed by atoms with van der Waals surface area (Å²) in [7, 11) is 1.76. The highest BCUT2D eigenvalue weighted by Crippen LogP contribution is 2.13. The van der Waals surface area contributed by atoms with E-state index in [1.54, 1.807) is 30.8 Å². The van der Waals surface area contributed by atoms with Crippen LogP contribution in [0.3, 0.4) is 0 Å². The highest BCUT2D eigenvalue weighted by Gasteiger charge is 2.17. The Balaban J connectivity index is 1.76. The number of halogens is 1. The van der Waals surface area contributed by atoms with Gasteiger partial charge in [-0.15, -0.1) is 0 Å². The molecule has 0 saturated carbocycles. The number of benzene rings is 2. The molecule has 0 spiro atoms. The molecule has 0 atom stereocenters. The zero-order valence-corrected chi connectivity index (χ0v) is 14.5. The fourth-order valence-electron chi connectivity index (χ4n) is 2.65. The number of carbonyl (C=O) groups excluding carboxylic acids is 1. The van der Waals surface area contributed by atoms with Gasteiger partial charge in [-0.25, -0.2) is 13.9 Å². The van der Waals surface area contributed by atoms with Crippen LogP contribution in [0.25, 0.3) is 5.69 Å². The van der Waals surface area contributed by atoms with E-state index in [1.165, 1.54) is 16.8 Å². The van der Waals surface area contributed by atoms with Gasteiger partial charge in [-0.1, -0.05) is 30.3 Å². The van der Waals surface area contributed by atoms with E-state index in [1.807, 2.05) is 30.3 Å². The third kappa shape index (κ3) is 3.51. The lowest BCUT2D eigenvalue weighted by molar-refractivity contribution is 0.251. The second kappa shape index (κ2) is 7.26. The molecule has 0 radical (unpaired) electrons. The number of para-hydroxylation sites is 1. The Kier molecular flexibility index (Phi) is 4.88. The molecule has 0 bridgehead atoms. The minimum atomic E-state index is -0.500. The van der Waals surface area contributed by atoms with Gasteiger partial charge in [0.1, 0.15) is 11.5 Å². The Labute approximate surface area is 149 Å². The van der Waals surface area contributed by atoms with Gasteiger partial charge in [0.2, 0.25) is 0 Å². The largest absolute Gasteiger partial charge is 0.334 e. The van der Waals surface area contributed by atoms with Gasteiger partial charge in [-0.05, 0) is 36.8 Å². The number of anilines is 1. The molecule has 2 aromatic carbocycles. The molecule has 1 heterocycles. The third-order valence-electron chi connectivity index (χ3n) is 4.16. The fraction of sp³-hybridized carbons (Fsp3) is 0.158. The maximum Gasteiger partial charge on any atom is 0.319 e. The molecule has 0 aliphatic rings. The van der Waals surface area contributed by atoms with E-state index >= 15 is 0 Å². The summed E-state index contributed by atoms with van der Waals surface area (Å²) in [5.74, 6) is -0.334. The molecule has 7 heteroatoms. The topological polar surface area (TPSA) is 68.1 Å². The van der Waals surface area contributed by atoms with Crippen molar-refractivity contribution < 1.29 is 9.18 Å². The van der Waals surface area contributed by atoms with E-state index in [-0.39, 0.29) is 23.6 Å². The maximum atomic E-state index is 12.9. The number of carbonyl (C=O) groups is 1. The summed E-state index contributed by atoms with van der Waals surface area (Å²) in [4.78, 5) is 24.9. The first-order chi connectivity index (χ1) is 12.5. The van der Waals surface area contributed by atoms with Crippen molar-refractivity contribution in [1.82, 2.24) is 14.7 Å². The van der Waals surface area contributed by atoms with Crippen molar-refractivity contribution >= 4 is 11.7 Å². The normalized spacial score (nSPS) is 10.6. The van der Waals surface area contributed by atoms with Crippen molar-refractivity contribution in [2.24, 2.45) is 7.05 Å². The van der Waals surface area contributed by atoms with Crippen LogP contribution in [0, 0.1) is 12.7 Å². The molecular formula is C19H19FN4O2. The molecule has 134 valence electrons. The lowest BCUT2D eigenvalue weighted by atomic mass is 10.2. The molecule has 2 N–H and O–H groups in total. The smallest absolute Gasteiger partial charge is 0.319 e. The first kappa shape index (κ1) is 17.5. The molecule has 0 unspecified atom stereocenters. The van der Waals surface area contributed by atoms with Crippen LogP contribution in [0.4, 0.5) is 14.9 Å². The van der Waals surface area contributed by atoms with Crippen LogP contribution in [0.15, 0.2) is 59.4 Å². The summed E-state index contributed by atoms with van der Waals surface area (Å²) in [6.07, 6.45) is 0. The molecule has 3 rings (SSSR count). The molecule has 0 aliphatic carbocycles. The molecule has 0 saturated heterocycles. The van der Waals surface area contributed by atoms with Crippen LogP contribution < -0.4 is 16.2 Å². The number of hydrogen-bond acceptors (Lipinski definition) is 2. The summed E-state index contributed by atoms with van der Waals surface area (Å²) in [6.45, 7) is 1.99. The van der Waals surface area contributed by atoms with Crippen molar-refractivity contribution in [3.05, 3.63) is 82.0 Å². The van der Waals surface area contributed by atoms with Gasteiger partial charge >= 0.3 is 6.03 Å². The number of rotatable bonds is 4. The van der Waals surface area contributed by atoms with E-state index in [0.29, 0.717) is 11.4 Å². The van der Waals surface area contributed by atoms with E-state index in [0.717, 1.165) is 5.56 Å². The SMILES string of the molecule is Cc1c(NC(=O)NCc2ccc(F)cc2)c(=O)n(-c2ccccc2)n1C. The Hall–Kier alpha value is -3.35. The van der Waals surface area contributed by atoms with Gasteiger partial charge in [0.25, 0.3) is 5.56 Å². The van der Waals surface area contributed by atoms with E-state index in [4.69, 9.17) is 0 Å². The Morgan fingerprint density at radius 2 is 1.73 bits per heavy atom. The predicted molar refractivity (Wildman–Crippen MR) is 98.0 cm³/mol. The third-order valence-corrected chi connectivity index (χ3v) is 4.16. The molecule has 2 amide bonds.